The van der Waals surface area contributed by atoms with Crippen molar-refractivity contribution in [1.82, 2.24) is 0 Å². The molecular weight excluding hydrogens is 488 g/mol. The number of ether oxygens (including phenoxy) is 1. The number of nitrogens with one attached hydrogen (secondary N) is 1. The van der Waals surface area contributed by atoms with Gasteiger partial charge in [0.15, 0.2) is 0 Å². The van der Waals surface area contributed by atoms with Gasteiger partial charge in [0.25, 0.3) is 0 Å². The molecule has 1 fully saturated rings. The van der Waals surface area contributed by atoms with Crippen LogP contribution in [0, 0.1) is 0 Å². The fourth-order valence-electron chi connectivity index (χ4n) is 4.45. The van der Waals surface area contributed by atoms with Crippen LogP contribution in [0.1, 0.15) is 51.5 Å². The van der Waals surface area contributed by atoms with E-state index in [1.165, 1.54) is 0 Å². The van der Waals surface area contributed by atoms with E-state index in [-0.39, 0.29) is 36.0 Å². The van der Waals surface area contributed by atoms with Crippen LogP contribution < -0.4 is 10.2 Å². The third-order valence-corrected chi connectivity index (χ3v) is 8.25. The van der Waals surface area contributed by atoms with Gasteiger partial charge in [0, 0.05) is 29.2 Å². The molecule has 7 nitrogen and oxygen atoms in total. The smallest absolute Gasteiger partial charge is 0.304 e. The van der Waals surface area contributed by atoms with Crippen molar-refractivity contribution in [2.45, 2.75) is 58.1 Å². The Morgan fingerprint density at radius 3 is 2.40 bits per heavy atom. The van der Waals surface area contributed by atoms with Gasteiger partial charge in [-0.05, 0) is 75.6 Å². The van der Waals surface area contributed by atoms with Gasteiger partial charge in [-0.3, -0.25) is 4.79 Å². The van der Waals surface area contributed by atoms with E-state index in [0.29, 0.717) is 31.0 Å². The highest BCUT2D eigenvalue weighted by atomic mass is 35.5. The molecule has 0 unspecified atom stereocenters. The minimum absolute atomic E-state index is 0.00426. The van der Waals surface area contributed by atoms with Crippen LogP contribution in [0.2, 0.25) is 5.02 Å². The number of carbonyl (C=O) groups is 1. The van der Waals surface area contributed by atoms with Crippen molar-refractivity contribution < 1.29 is 23.1 Å². The number of anilines is 3. The second-order valence-corrected chi connectivity index (χ2v) is 12.0. The van der Waals surface area contributed by atoms with Crippen LogP contribution in [0.4, 0.5) is 17.1 Å². The third-order valence-electron chi connectivity index (χ3n) is 6.28. The van der Waals surface area contributed by atoms with Gasteiger partial charge in [-0.2, -0.15) is 0 Å². The van der Waals surface area contributed by atoms with Crippen LogP contribution >= 0.6 is 11.6 Å². The van der Waals surface area contributed by atoms with Crippen molar-refractivity contribution in [3.63, 3.8) is 0 Å². The number of carboxylic acid groups (broad SMARTS) is 1. The summed E-state index contributed by atoms with van der Waals surface area (Å²) in [7, 11) is -2.97. The third kappa shape index (κ3) is 7.85. The minimum atomic E-state index is -2.97. The van der Waals surface area contributed by atoms with E-state index in [9.17, 15) is 18.3 Å². The summed E-state index contributed by atoms with van der Waals surface area (Å²) in [4.78, 5) is 13.8. The van der Waals surface area contributed by atoms with E-state index in [0.717, 1.165) is 22.6 Å². The van der Waals surface area contributed by atoms with Gasteiger partial charge < -0.3 is 20.1 Å². The predicted octanol–water partition coefficient (Wildman–Crippen LogP) is 5.47. The number of carboxylic acids is 1. The molecule has 0 aliphatic carbocycles. The van der Waals surface area contributed by atoms with Crippen molar-refractivity contribution in [2.75, 3.05) is 34.9 Å². The minimum Gasteiger partial charge on any atom is -0.481 e. The molecule has 1 heterocycles. The maximum absolute atomic E-state index is 12.0. The number of halogens is 1. The highest BCUT2D eigenvalue weighted by Gasteiger charge is 2.29. The Balaban J connectivity index is 1.99. The summed E-state index contributed by atoms with van der Waals surface area (Å²) in [6, 6.07) is 13.5. The molecule has 0 amide bonds. The van der Waals surface area contributed by atoms with E-state index < -0.39 is 15.8 Å². The topological polar surface area (TPSA) is 95.9 Å². The molecule has 1 saturated heterocycles. The van der Waals surface area contributed by atoms with Crippen molar-refractivity contribution in [1.29, 1.82) is 0 Å². The zero-order chi connectivity index (χ0) is 25.6. The molecule has 9 heteroatoms. The largest absolute Gasteiger partial charge is 0.481 e. The normalized spacial score (nSPS) is 16.7. The second-order valence-electron chi connectivity index (χ2n) is 9.25. The van der Waals surface area contributed by atoms with E-state index >= 15 is 0 Å². The molecule has 0 saturated carbocycles. The number of hydrogen-bond donors (Lipinski definition) is 2. The zero-order valence-electron chi connectivity index (χ0n) is 20.5. The lowest BCUT2D eigenvalue weighted by Crippen LogP contribution is -2.41. The van der Waals surface area contributed by atoms with Gasteiger partial charge in [0.1, 0.15) is 9.84 Å². The summed E-state index contributed by atoms with van der Waals surface area (Å²) >= 11 is 6.06. The molecule has 2 aromatic rings. The fraction of sp³-hybridized carbons (Fsp3) is 0.500. The quantitative estimate of drug-likeness (QED) is 0.404. The average Bonchev–Trinajstić information content (AvgIpc) is 2.80. The molecule has 1 aliphatic rings. The SMILES string of the molecule is CCN(c1ccc([C@@H](COC(C)C)CC(=O)O)cc1Nc1ccc(Cl)cc1)C1CCS(=O)(=O)CC1. The van der Waals surface area contributed by atoms with Crippen LogP contribution in [0.5, 0.6) is 0 Å². The Kier molecular flexibility index (Phi) is 9.44. The van der Waals surface area contributed by atoms with Gasteiger partial charge in [0.2, 0.25) is 0 Å². The molecule has 3 rings (SSSR count). The summed E-state index contributed by atoms with van der Waals surface area (Å²) in [6.45, 7) is 6.94. The van der Waals surface area contributed by atoms with Gasteiger partial charge in [-0.15, -0.1) is 0 Å². The van der Waals surface area contributed by atoms with Gasteiger partial charge in [-0.25, -0.2) is 8.42 Å². The Morgan fingerprint density at radius 1 is 1.17 bits per heavy atom. The van der Waals surface area contributed by atoms with Crippen molar-refractivity contribution in [3.05, 3.63) is 53.1 Å². The molecule has 192 valence electrons. The number of rotatable bonds is 11. The van der Waals surface area contributed by atoms with Crippen LogP contribution in [0.15, 0.2) is 42.5 Å². The Morgan fingerprint density at radius 2 is 1.83 bits per heavy atom. The van der Waals surface area contributed by atoms with Gasteiger partial charge in [-0.1, -0.05) is 17.7 Å². The molecule has 2 aromatic carbocycles. The van der Waals surface area contributed by atoms with Gasteiger partial charge >= 0.3 is 5.97 Å². The number of hydrogen-bond acceptors (Lipinski definition) is 6. The number of benzene rings is 2. The Labute approximate surface area is 213 Å². The summed E-state index contributed by atoms with van der Waals surface area (Å²) in [5.41, 5.74) is 3.51. The average molecular weight is 523 g/mol. The standard InChI is InChI=1S/C26H35ClN2O5S/c1-4-29(23-11-13-35(32,33)14-12-23)25-10-5-19(20(16-26(30)31)17-34-18(2)3)15-24(25)28-22-8-6-21(27)7-9-22/h5-10,15,18,20,23,28H,4,11-14,16-17H2,1-3H3,(H,30,31)/t20-/m1/s1. The molecule has 1 atom stereocenters. The second kappa shape index (κ2) is 12.1. The summed E-state index contributed by atoms with van der Waals surface area (Å²) in [5, 5.41) is 13.6. The van der Waals surface area contributed by atoms with Crippen molar-refractivity contribution >= 4 is 44.5 Å². The van der Waals surface area contributed by atoms with Crippen LogP contribution in [0.25, 0.3) is 0 Å². The Hall–Kier alpha value is -2.29. The number of aliphatic carboxylic acids is 1. The molecule has 2 N–H and O–H groups in total. The van der Waals surface area contributed by atoms with Crippen LogP contribution in [-0.2, 0) is 19.4 Å². The molecule has 0 aromatic heterocycles. The first-order valence-corrected chi connectivity index (χ1v) is 14.2. The zero-order valence-corrected chi connectivity index (χ0v) is 22.1. The molecule has 1 aliphatic heterocycles. The highest BCUT2D eigenvalue weighted by molar-refractivity contribution is 7.91. The maximum Gasteiger partial charge on any atom is 0.304 e. The first-order chi connectivity index (χ1) is 16.6. The van der Waals surface area contributed by atoms with Crippen molar-refractivity contribution in [3.8, 4) is 0 Å². The molecule has 35 heavy (non-hydrogen) atoms. The fourth-order valence-corrected chi connectivity index (χ4v) is 6.05. The van der Waals surface area contributed by atoms with E-state index in [2.05, 4.69) is 17.1 Å². The van der Waals surface area contributed by atoms with E-state index in [1.54, 1.807) is 12.1 Å². The predicted molar refractivity (Wildman–Crippen MR) is 142 cm³/mol. The van der Waals surface area contributed by atoms with E-state index in [4.69, 9.17) is 16.3 Å². The lowest BCUT2D eigenvalue weighted by atomic mass is 9.94. The van der Waals surface area contributed by atoms with Gasteiger partial charge in [0.05, 0.1) is 42.0 Å². The number of sulfone groups is 1. The molecule has 0 radical (unpaired) electrons. The lowest BCUT2D eigenvalue weighted by Gasteiger charge is -2.37. The lowest BCUT2D eigenvalue weighted by molar-refractivity contribution is -0.138. The number of nitrogens with zero attached hydrogens (tertiary/aromatic N) is 1. The first kappa shape index (κ1) is 27.3. The Bertz CT molecular complexity index is 1090. The summed E-state index contributed by atoms with van der Waals surface area (Å²) in [6.07, 6.45) is 1.13. The van der Waals surface area contributed by atoms with Crippen LogP contribution in [-0.4, -0.2) is 56.3 Å². The maximum atomic E-state index is 12.0. The molecular formula is C26H35ClN2O5S. The van der Waals surface area contributed by atoms with Crippen LogP contribution in [0.3, 0.4) is 0 Å². The first-order valence-electron chi connectivity index (χ1n) is 12.0. The van der Waals surface area contributed by atoms with Crippen molar-refractivity contribution in [2.24, 2.45) is 0 Å². The molecule has 0 bridgehead atoms. The summed E-state index contributed by atoms with van der Waals surface area (Å²) < 4.78 is 29.8. The van der Waals surface area contributed by atoms with E-state index in [1.807, 2.05) is 44.2 Å². The molecule has 0 spiro atoms. The monoisotopic (exact) mass is 522 g/mol. The summed E-state index contributed by atoms with van der Waals surface area (Å²) in [5.74, 6) is -0.791. The highest BCUT2D eigenvalue weighted by Crippen LogP contribution is 2.36.